The lowest BCUT2D eigenvalue weighted by Crippen LogP contribution is -2.50. The van der Waals surface area contributed by atoms with Crippen molar-refractivity contribution < 1.29 is 23.1 Å². The van der Waals surface area contributed by atoms with E-state index in [0.717, 1.165) is 12.8 Å². The second kappa shape index (κ2) is 7.51. The van der Waals surface area contributed by atoms with Crippen molar-refractivity contribution in [1.82, 2.24) is 5.06 Å². The van der Waals surface area contributed by atoms with Crippen LogP contribution in [0, 0.1) is 0 Å². The van der Waals surface area contributed by atoms with Crippen LogP contribution in [-0.4, -0.2) is 44.2 Å². The molecule has 0 aliphatic carbocycles. The summed E-state index contributed by atoms with van der Waals surface area (Å²) in [4.78, 5) is 0.212. The first-order chi connectivity index (χ1) is 11.8. The van der Waals surface area contributed by atoms with Gasteiger partial charge < -0.3 is 14.7 Å². The van der Waals surface area contributed by atoms with Crippen molar-refractivity contribution in [3.8, 4) is 11.5 Å². The van der Waals surface area contributed by atoms with E-state index in [0.29, 0.717) is 29.9 Å². The van der Waals surface area contributed by atoms with Crippen LogP contribution in [0.15, 0.2) is 17.0 Å². The predicted molar refractivity (Wildman–Crippen MR) is 96.2 cm³/mol. The van der Waals surface area contributed by atoms with Crippen molar-refractivity contribution in [1.29, 1.82) is 0 Å². The Balaban J connectivity index is 2.67. The molecule has 1 aliphatic heterocycles. The maximum atomic E-state index is 13.2. The molecule has 1 heterocycles. The Morgan fingerprint density at radius 2 is 1.84 bits per heavy atom. The summed E-state index contributed by atoms with van der Waals surface area (Å²) in [6.45, 7) is 5.81. The van der Waals surface area contributed by atoms with Crippen molar-refractivity contribution in [2.24, 2.45) is 0 Å². The largest absolute Gasteiger partial charge is 0.493 e. The van der Waals surface area contributed by atoms with Crippen molar-refractivity contribution in [3.63, 3.8) is 0 Å². The molecule has 0 radical (unpaired) electrons. The summed E-state index contributed by atoms with van der Waals surface area (Å²) in [5.74, 6) is 0.716. The van der Waals surface area contributed by atoms with Crippen LogP contribution < -0.4 is 9.47 Å². The van der Waals surface area contributed by atoms with Gasteiger partial charge in [-0.3, -0.25) is 0 Å². The Labute approximate surface area is 150 Å². The highest BCUT2D eigenvalue weighted by atomic mass is 32.2. The molecule has 2 atom stereocenters. The Morgan fingerprint density at radius 1 is 1.24 bits per heavy atom. The molecule has 142 valence electrons. The number of sulfone groups is 1. The Kier molecular flexibility index (Phi) is 6.01. The topological polar surface area (TPSA) is 76.1 Å². The van der Waals surface area contributed by atoms with Crippen LogP contribution in [0.5, 0.6) is 11.5 Å². The monoisotopic (exact) mass is 371 g/mol. The Morgan fingerprint density at radius 3 is 2.36 bits per heavy atom. The number of ether oxygens (including phenoxy) is 2. The van der Waals surface area contributed by atoms with Crippen molar-refractivity contribution >= 4 is 9.84 Å². The van der Waals surface area contributed by atoms with Crippen LogP contribution in [0.25, 0.3) is 0 Å². The summed E-state index contributed by atoms with van der Waals surface area (Å²) in [5, 5.41) is 12.2. The molecular weight excluding hydrogens is 342 g/mol. The number of unbranched alkanes of at least 4 members (excludes halogenated alkanes) is 1. The molecule has 7 heteroatoms. The number of rotatable bonds is 6. The van der Waals surface area contributed by atoms with Gasteiger partial charge in [0.15, 0.2) is 21.3 Å². The Hall–Kier alpha value is -1.31. The van der Waals surface area contributed by atoms with Crippen LogP contribution in [0.2, 0.25) is 0 Å². The molecule has 1 aromatic carbocycles. The molecule has 1 N–H and O–H groups in total. The first-order valence-corrected chi connectivity index (χ1v) is 10.4. The minimum absolute atomic E-state index is 0.111. The standard InChI is InChI=1S/C18H29NO5S/c1-6-8-9-18(7-2)12-25(21,22)17-11-16(24-5)15(23-4)10-14(17)13(3)19(18)20/h10-11,13,20H,6-9,12H2,1-5H3/t13-,18+/m1/s1. The SMILES string of the molecule is CCCC[C@@]1(CC)CS(=O)(=O)c2cc(OC)c(OC)cc2[C@@H](C)N1O. The summed E-state index contributed by atoms with van der Waals surface area (Å²) >= 11 is 0. The fraction of sp³-hybridized carbons (Fsp3) is 0.667. The van der Waals surface area contributed by atoms with Crippen LogP contribution in [0.4, 0.5) is 0 Å². The summed E-state index contributed by atoms with van der Waals surface area (Å²) in [6, 6.07) is 2.70. The van der Waals surface area contributed by atoms with E-state index in [-0.39, 0.29) is 10.6 Å². The zero-order chi connectivity index (χ0) is 18.8. The van der Waals surface area contributed by atoms with Gasteiger partial charge in [0.2, 0.25) is 0 Å². The number of benzene rings is 1. The van der Waals surface area contributed by atoms with Crippen molar-refractivity contribution in [2.45, 2.75) is 62.9 Å². The molecule has 0 amide bonds. The maximum Gasteiger partial charge on any atom is 0.180 e. The van der Waals surface area contributed by atoms with Crippen molar-refractivity contribution in [2.75, 3.05) is 20.0 Å². The zero-order valence-corrected chi connectivity index (χ0v) is 16.5. The molecule has 0 saturated heterocycles. The van der Waals surface area contributed by atoms with E-state index in [1.807, 2.05) is 13.8 Å². The van der Waals surface area contributed by atoms with E-state index in [4.69, 9.17) is 9.47 Å². The molecule has 0 spiro atoms. The molecular formula is C18H29NO5S. The highest BCUT2D eigenvalue weighted by Gasteiger charge is 2.46. The summed E-state index contributed by atoms with van der Waals surface area (Å²) in [7, 11) is -0.602. The molecule has 6 nitrogen and oxygen atoms in total. The van der Waals surface area contributed by atoms with Gasteiger partial charge >= 0.3 is 0 Å². The quantitative estimate of drug-likeness (QED) is 0.824. The van der Waals surface area contributed by atoms with Gasteiger partial charge in [-0.2, -0.15) is 5.06 Å². The van der Waals surface area contributed by atoms with Crippen LogP contribution in [0.3, 0.4) is 0 Å². The third-order valence-electron chi connectivity index (χ3n) is 5.27. The second-order valence-electron chi connectivity index (χ2n) is 6.71. The molecule has 0 saturated carbocycles. The first kappa shape index (κ1) is 20.0. The van der Waals surface area contributed by atoms with Gasteiger partial charge in [0.25, 0.3) is 0 Å². The molecule has 1 aliphatic rings. The highest BCUT2D eigenvalue weighted by molar-refractivity contribution is 7.91. The lowest BCUT2D eigenvalue weighted by Gasteiger charge is -2.40. The van der Waals surface area contributed by atoms with Gasteiger partial charge in [0, 0.05) is 6.07 Å². The van der Waals surface area contributed by atoms with E-state index < -0.39 is 21.4 Å². The summed E-state index contributed by atoms with van der Waals surface area (Å²) in [5.41, 5.74) is -0.264. The second-order valence-corrected chi connectivity index (χ2v) is 8.66. The smallest absolute Gasteiger partial charge is 0.180 e. The highest BCUT2D eigenvalue weighted by Crippen LogP contribution is 2.44. The molecule has 1 aromatic rings. The minimum atomic E-state index is -3.59. The zero-order valence-electron chi connectivity index (χ0n) is 15.7. The van der Waals surface area contributed by atoms with Crippen LogP contribution in [-0.2, 0) is 9.84 Å². The van der Waals surface area contributed by atoms with E-state index >= 15 is 0 Å². The van der Waals surface area contributed by atoms with Gasteiger partial charge in [-0.25, -0.2) is 8.42 Å². The third-order valence-corrected chi connectivity index (χ3v) is 7.21. The molecule has 0 bridgehead atoms. The van der Waals surface area contributed by atoms with Crippen LogP contribution in [0.1, 0.15) is 58.1 Å². The molecule has 0 unspecified atom stereocenters. The summed E-state index contributed by atoms with van der Waals surface area (Å²) < 4.78 is 36.9. The average Bonchev–Trinajstić information content (AvgIpc) is 2.67. The lowest BCUT2D eigenvalue weighted by molar-refractivity contribution is -0.198. The van der Waals surface area contributed by atoms with Gasteiger partial charge in [0.1, 0.15) is 0 Å². The van der Waals surface area contributed by atoms with Gasteiger partial charge in [-0.05, 0) is 31.4 Å². The van der Waals surface area contributed by atoms with E-state index in [2.05, 4.69) is 6.92 Å². The number of methoxy groups -OCH3 is 2. The third kappa shape index (κ3) is 3.50. The fourth-order valence-corrected chi connectivity index (χ4v) is 5.86. The number of hydrogen-bond donors (Lipinski definition) is 1. The van der Waals surface area contributed by atoms with Crippen molar-refractivity contribution in [3.05, 3.63) is 17.7 Å². The summed E-state index contributed by atoms with van der Waals surface area (Å²) in [6.07, 6.45) is 2.98. The lowest BCUT2D eigenvalue weighted by atomic mass is 9.89. The first-order valence-electron chi connectivity index (χ1n) is 8.73. The molecule has 0 aromatic heterocycles. The maximum absolute atomic E-state index is 13.2. The van der Waals surface area contributed by atoms with Gasteiger partial charge in [-0.15, -0.1) is 0 Å². The van der Waals surface area contributed by atoms with E-state index in [9.17, 15) is 13.6 Å². The molecule has 2 rings (SSSR count). The number of hydrogen-bond acceptors (Lipinski definition) is 6. The fourth-order valence-electron chi connectivity index (χ4n) is 3.65. The molecule has 0 fully saturated rings. The van der Waals surface area contributed by atoms with Gasteiger partial charge in [0.05, 0.1) is 36.4 Å². The number of hydroxylamine groups is 2. The molecule has 25 heavy (non-hydrogen) atoms. The van der Waals surface area contributed by atoms with E-state index in [1.165, 1.54) is 25.3 Å². The predicted octanol–water partition coefficient (Wildman–Crippen LogP) is 3.58. The van der Waals surface area contributed by atoms with Gasteiger partial charge in [-0.1, -0.05) is 26.7 Å². The Bertz CT molecular complexity index is 718. The number of nitrogens with zero attached hydrogens (tertiary/aromatic N) is 1. The van der Waals surface area contributed by atoms with Crippen LogP contribution >= 0.6 is 0 Å². The van der Waals surface area contributed by atoms with E-state index in [1.54, 1.807) is 6.07 Å². The normalized spacial score (nSPS) is 25.9. The minimum Gasteiger partial charge on any atom is -0.493 e. The average molecular weight is 371 g/mol. The number of fused-ring (bicyclic) bond motifs is 1.